The van der Waals surface area contributed by atoms with Crippen molar-refractivity contribution in [1.29, 1.82) is 0 Å². The molecule has 4 nitrogen and oxygen atoms in total. The number of amides is 1. The first kappa shape index (κ1) is 13.9. The molecule has 0 saturated carbocycles. The highest BCUT2D eigenvalue weighted by atomic mass is 35.5. The first-order valence-electron chi connectivity index (χ1n) is 6.38. The molecule has 1 aliphatic rings. The topological polar surface area (TPSA) is 38.1 Å². The van der Waals surface area contributed by atoms with Crippen molar-refractivity contribution in [2.24, 2.45) is 0 Å². The van der Waals surface area contributed by atoms with Crippen LogP contribution >= 0.6 is 34.5 Å². The number of rotatable bonds is 2. The molecule has 1 amide bonds. The first-order chi connectivity index (χ1) is 9.65. The number of aromatic nitrogens is 2. The highest BCUT2D eigenvalue weighted by Gasteiger charge is 2.27. The molecule has 0 radical (unpaired) electrons. The second-order valence-electron chi connectivity index (χ2n) is 4.77. The van der Waals surface area contributed by atoms with Gasteiger partial charge in [0.15, 0.2) is 0 Å². The molecular weight excluding hydrogens is 317 g/mol. The Kier molecular flexibility index (Phi) is 4.01. The molecule has 1 saturated heterocycles. The predicted molar refractivity (Wildman–Crippen MR) is 80.7 cm³/mol. The summed E-state index contributed by atoms with van der Waals surface area (Å²) in [6.07, 6.45) is 5.69. The number of thiophene rings is 1. The van der Waals surface area contributed by atoms with Crippen molar-refractivity contribution in [1.82, 2.24) is 14.7 Å². The second kappa shape index (κ2) is 5.76. The van der Waals surface area contributed by atoms with Crippen LogP contribution in [-0.2, 0) is 0 Å². The summed E-state index contributed by atoms with van der Waals surface area (Å²) in [4.78, 5) is 14.3. The van der Waals surface area contributed by atoms with Gasteiger partial charge >= 0.3 is 0 Å². The van der Waals surface area contributed by atoms with Crippen molar-refractivity contribution < 1.29 is 4.79 Å². The highest BCUT2D eigenvalue weighted by Crippen LogP contribution is 2.33. The molecule has 0 unspecified atom stereocenters. The second-order valence-corrected chi connectivity index (χ2v) is 7.06. The van der Waals surface area contributed by atoms with Crippen LogP contribution in [-0.4, -0.2) is 33.7 Å². The average molecular weight is 330 g/mol. The molecule has 0 N–H and O–H groups in total. The zero-order chi connectivity index (χ0) is 14.1. The largest absolute Gasteiger partial charge is 0.336 e. The lowest BCUT2D eigenvalue weighted by Gasteiger charge is -2.32. The standard InChI is InChI=1S/C13H13Cl2N3OS/c14-11-7-10(12(15)20-11)13(19)17-5-1-3-9(8-17)18-6-2-4-16-18/h2,4,6-7,9H,1,3,5,8H2/t9-/m0/s1. The maximum absolute atomic E-state index is 12.5. The summed E-state index contributed by atoms with van der Waals surface area (Å²) in [5.74, 6) is -0.0463. The third kappa shape index (κ3) is 2.71. The summed E-state index contributed by atoms with van der Waals surface area (Å²) in [6, 6.07) is 3.78. The van der Waals surface area contributed by atoms with Gasteiger partial charge in [0.1, 0.15) is 4.34 Å². The van der Waals surface area contributed by atoms with Gasteiger partial charge < -0.3 is 4.90 Å². The van der Waals surface area contributed by atoms with Gasteiger partial charge in [-0.3, -0.25) is 9.48 Å². The van der Waals surface area contributed by atoms with Crippen molar-refractivity contribution in [3.8, 4) is 0 Å². The van der Waals surface area contributed by atoms with Crippen LogP contribution in [0.15, 0.2) is 24.5 Å². The van der Waals surface area contributed by atoms with Crippen LogP contribution in [0.4, 0.5) is 0 Å². The predicted octanol–water partition coefficient (Wildman–Crippen LogP) is 3.73. The molecule has 3 rings (SSSR count). The summed E-state index contributed by atoms with van der Waals surface area (Å²) in [7, 11) is 0. The number of likely N-dealkylation sites (tertiary alicyclic amines) is 1. The van der Waals surface area contributed by atoms with Gasteiger partial charge in [-0.05, 0) is 25.0 Å². The molecule has 1 atom stereocenters. The van der Waals surface area contributed by atoms with Gasteiger partial charge in [0.05, 0.1) is 15.9 Å². The van der Waals surface area contributed by atoms with Gasteiger partial charge in [-0.25, -0.2) is 0 Å². The Morgan fingerprint density at radius 1 is 1.45 bits per heavy atom. The van der Waals surface area contributed by atoms with Gasteiger partial charge in [-0.2, -0.15) is 5.10 Å². The van der Waals surface area contributed by atoms with Crippen LogP contribution in [0.2, 0.25) is 8.67 Å². The van der Waals surface area contributed by atoms with Crippen molar-refractivity contribution in [3.05, 3.63) is 38.8 Å². The highest BCUT2D eigenvalue weighted by molar-refractivity contribution is 7.20. The molecule has 0 aromatic carbocycles. The smallest absolute Gasteiger partial charge is 0.256 e. The van der Waals surface area contributed by atoms with E-state index < -0.39 is 0 Å². The van der Waals surface area contributed by atoms with Crippen LogP contribution in [0.1, 0.15) is 29.2 Å². The number of nitrogens with zero attached hydrogens (tertiary/aromatic N) is 3. The molecule has 7 heteroatoms. The first-order valence-corrected chi connectivity index (χ1v) is 7.95. The summed E-state index contributed by atoms with van der Waals surface area (Å²) in [5.41, 5.74) is 0.503. The molecule has 0 spiro atoms. The van der Waals surface area contributed by atoms with Crippen LogP contribution in [0.25, 0.3) is 0 Å². The fraction of sp³-hybridized carbons (Fsp3) is 0.385. The van der Waals surface area contributed by atoms with E-state index >= 15 is 0 Å². The molecule has 2 aromatic heterocycles. The Bertz CT molecular complexity index is 611. The summed E-state index contributed by atoms with van der Waals surface area (Å²) >= 11 is 13.2. The van der Waals surface area contributed by atoms with E-state index in [0.29, 0.717) is 20.8 Å². The zero-order valence-corrected chi connectivity index (χ0v) is 13.0. The molecule has 1 fully saturated rings. The quantitative estimate of drug-likeness (QED) is 0.841. The zero-order valence-electron chi connectivity index (χ0n) is 10.6. The lowest BCUT2D eigenvalue weighted by Crippen LogP contribution is -2.40. The minimum atomic E-state index is -0.0463. The molecule has 1 aliphatic heterocycles. The van der Waals surface area contributed by atoms with Gasteiger partial charge in [0.25, 0.3) is 5.91 Å². The van der Waals surface area contributed by atoms with E-state index in [2.05, 4.69) is 5.10 Å². The minimum Gasteiger partial charge on any atom is -0.336 e. The lowest BCUT2D eigenvalue weighted by atomic mass is 10.1. The Morgan fingerprint density at radius 2 is 2.30 bits per heavy atom. The minimum absolute atomic E-state index is 0.0463. The molecule has 2 aromatic rings. The van der Waals surface area contributed by atoms with Gasteiger partial charge in [0, 0.05) is 25.5 Å². The van der Waals surface area contributed by atoms with E-state index in [-0.39, 0.29) is 11.9 Å². The van der Waals surface area contributed by atoms with Crippen molar-refractivity contribution in [2.45, 2.75) is 18.9 Å². The SMILES string of the molecule is O=C(c1cc(Cl)sc1Cl)N1CCC[C@H](n2cccn2)C1. The Balaban J connectivity index is 1.77. The van der Waals surface area contributed by atoms with E-state index in [1.54, 1.807) is 12.3 Å². The summed E-state index contributed by atoms with van der Waals surface area (Å²) < 4.78 is 2.92. The van der Waals surface area contributed by atoms with Crippen LogP contribution in [0.3, 0.4) is 0 Å². The third-order valence-electron chi connectivity index (χ3n) is 3.47. The number of hydrogen-bond donors (Lipinski definition) is 0. The Morgan fingerprint density at radius 3 is 2.95 bits per heavy atom. The molecule has 3 heterocycles. The molecule has 0 aliphatic carbocycles. The molecule has 0 bridgehead atoms. The average Bonchev–Trinajstić information content (AvgIpc) is 3.08. The van der Waals surface area contributed by atoms with Crippen molar-refractivity contribution in [2.75, 3.05) is 13.1 Å². The number of piperidine rings is 1. The molecular formula is C13H13Cl2N3OS. The Hall–Kier alpha value is -1.04. The van der Waals surface area contributed by atoms with Gasteiger partial charge in [-0.1, -0.05) is 23.2 Å². The van der Waals surface area contributed by atoms with E-state index in [1.165, 1.54) is 11.3 Å². The fourth-order valence-electron chi connectivity index (χ4n) is 2.51. The van der Waals surface area contributed by atoms with E-state index in [9.17, 15) is 4.79 Å². The monoisotopic (exact) mass is 329 g/mol. The Labute approximate surface area is 130 Å². The third-order valence-corrected chi connectivity index (χ3v) is 4.96. The van der Waals surface area contributed by atoms with Crippen LogP contribution < -0.4 is 0 Å². The van der Waals surface area contributed by atoms with E-state index in [4.69, 9.17) is 23.2 Å². The van der Waals surface area contributed by atoms with E-state index in [0.717, 1.165) is 19.4 Å². The summed E-state index contributed by atoms with van der Waals surface area (Å²) in [5, 5.41) is 4.26. The number of carbonyl (C=O) groups is 1. The number of halogens is 2. The maximum atomic E-state index is 12.5. The van der Waals surface area contributed by atoms with Crippen molar-refractivity contribution in [3.63, 3.8) is 0 Å². The van der Waals surface area contributed by atoms with E-state index in [1.807, 2.05) is 21.8 Å². The van der Waals surface area contributed by atoms with Gasteiger partial charge in [-0.15, -0.1) is 11.3 Å². The fourth-order valence-corrected chi connectivity index (χ4v) is 3.96. The van der Waals surface area contributed by atoms with Gasteiger partial charge in [0.2, 0.25) is 0 Å². The lowest BCUT2D eigenvalue weighted by molar-refractivity contribution is 0.0673. The maximum Gasteiger partial charge on any atom is 0.256 e. The molecule has 106 valence electrons. The van der Waals surface area contributed by atoms with Crippen LogP contribution in [0, 0.1) is 0 Å². The van der Waals surface area contributed by atoms with Crippen LogP contribution in [0.5, 0.6) is 0 Å². The normalized spacial score (nSPS) is 19.3. The molecule has 20 heavy (non-hydrogen) atoms. The summed E-state index contributed by atoms with van der Waals surface area (Å²) in [6.45, 7) is 1.41. The number of carbonyl (C=O) groups excluding carboxylic acids is 1. The number of hydrogen-bond acceptors (Lipinski definition) is 3. The van der Waals surface area contributed by atoms with Crippen molar-refractivity contribution >= 4 is 40.4 Å².